The van der Waals surface area contributed by atoms with Gasteiger partial charge >= 0.3 is 0 Å². The second kappa shape index (κ2) is 10.2. The predicted octanol–water partition coefficient (Wildman–Crippen LogP) is 3.75. The molecule has 136 valence electrons. The van der Waals surface area contributed by atoms with Crippen molar-refractivity contribution in [3.05, 3.63) is 34.9 Å². The molecule has 25 heavy (non-hydrogen) atoms. The van der Waals surface area contributed by atoms with Crippen LogP contribution in [0.4, 0.5) is 0 Å². The standard InChI is InChI=1S/C19H26ClN3O2/c1-2-3-4-5-6-13-21-18(24)14-23-19(25)12-11-17(22-23)15-7-9-16(20)10-8-15/h7-10H,2-6,11-14H2,1H3,(H,21,24). The van der Waals surface area contributed by atoms with Gasteiger partial charge in [0.2, 0.25) is 11.8 Å². The predicted molar refractivity (Wildman–Crippen MR) is 101 cm³/mol. The summed E-state index contributed by atoms with van der Waals surface area (Å²) in [6, 6.07) is 7.36. The first-order chi connectivity index (χ1) is 12.1. The molecule has 0 aromatic heterocycles. The number of carbonyl (C=O) groups excluding carboxylic acids is 2. The van der Waals surface area contributed by atoms with Crippen LogP contribution in [0.5, 0.6) is 0 Å². The first-order valence-electron chi connectivity index (χ1n) is 9.00. The van der Waals surface area contributed by atoms with Gasteiger partial charge in [-0.2, -0.15) is 5.10 Å². The molecule has 2 amide bonds. The molecule has 0 saturated heterocycles. The Morgan fingerprint density at radius 1 is 1.16 bits per heavy atom. The Morgan fingerprint density at radius 2 is 1.88 bits per heavy atom. The Morgan fingerprint density at radius 3 is 2.60 bits per heavy atom. The van der Waals surface area contributed by atoms with Crippen molar-refractivity contribution in [3.8, 4) is 0 Å². The number of nitrogens with zero attached hydrogens (tertiary/aromatic N) is 2. The van der Waals surface area contributed by atoms with Gasteiger partial charge in [-0.25, -0.2) is 5.01 Å². The number of hydrogen-bond donors (Lipinski definition) is 1. The minimum atomic E-state index is -0.162. The summed E-state index contributed by atoms with van der Waals surface area (Å²) < 4.78 is 0. The number of carbonyl (C=O) groups is 2. The summed E-state index contributed by atoms with van der Waals surface area (Å²) in [5.74, 6) is -0.277. The summed E-state index contributed by atoms with van der Waals surface area (Å²) in [6.07, 6.45) is 6.68. The van der Waals surface area contributed by atoms with Crippen LogP contribution in [0.3, 0.4) is 0 Å². The van der Waals surface area contributed by atoms with Gasteiger partial charge in [0.25, 0.3) is 0 Å². The fourth-order valence-corrected chi connectivity index (χ4v) is 2.85. The lowest BCUT2D eigenvalue weighted by Crippen LogP contribution is -2.40. The van der Waals surface area contributed by atoms with Gasteiger partial charge in [-0.05, 0) is 24.1 Å². The molecular weight excluding hydrogens is 338 g/mol. The van der Waals surface area contributed by atoms with Gasteiger partial charge in [0.15, 0.2) is 0 Å². The summed E-state index contributed by atoms with van der Waals surface area (Å²) in [5, 5.41) is 9.17. The molecule has 0 aliphatic carbocycles. The van der Waals surface area contributed by atoms with Gasteiger partial charge in [0.05, 0.1) is 5.71 Å². The number of hydrazone groups is 1. The largest absolute Gasteiger partial charge is 0.354 e. The number of halogens is 1. The lowest BCUT2D eigenvalue weighted by atomic mass is 10.0. The van der Waals surface area contributed by atoms with E-state index in [1.54, 1.807) is 12.1 Å². The van der Waals surface area contributed by atoms with E-state index in [0.717, 1.165) is 24.1 Å². The fourth-order valence-electron chi connectivity index (χ4n) is 2.72. The van der Waals surface area contributed by atoms with Gasteiger partial charge in [-0.3, -0.25) is 9.59 Å². The molecule has 5 nitrogen and oxygen atoms in total. The molecule has 0 radical (unpaired) electrons. The fraction of sp³-hybridized carbons (Fsp3) is 0.526. The highest BCUT2D eigenvalue weighted by molar-refractivity contribution is 6.30. The number of amides is 2. The van der Waals surface area contributed by atoms with E-state index in [4.69, 9.17) is 11.6 Å². The van der Waals surface area contributed by atoms with E-state index in [2.05, 4.69) is 17.3 Å². The highest BCUT2D eigenvalue weighted by atomic mass is 35.5. The van der Waals surface area contributed by atoms with Crippen LogP contribution < -0.4 is 5.32 Å². The molecule has 1 aromatic carbocycles. The SMILES string of the molecule is CCCCCCCNC(=O)CN1N=C(c2ccc(Cl)cc2)CCC1=O. The molecule has 6 heteroatoms. The Labute approximate surface area is 154 Å². The van der Waals surface area contributed by atoms with Crippen LogP contribution in [0, 0.1) is 0 Å². The van der Waals surface area contributed by atoms with Gasteiger partial charge in [0, 0.05) is 24.4 Å². The lowest BCUT2D eigenvalue weighted by Gasteiger charge is -2.23. The van der Waals surface area contributed by atoms with Crippen LogP contribution in [-0.2, 0) is 9.59 Å². The third-order valence-corrected chi connectivity index (χ3v) is 4.43. The molecule has 0 fully saturated rings. The molecule has 1 aliphatic heterocycles. The maximum absolute atomic E-state index is 12.0. The van der Waals surface area contributed by atoms with E-state index < -0.39 is 0 Å². The van der Waals surface area contributed by atoms with Crippen LogP contribution in [0.2, 0.25) is 5.02 Å². The molecule has 1 heterocycles. The molecule has 1 N–H and O–H groups in total. The minimum absolute atomic E-state index is 0.0229. The molecule has 1 aliphatic rings. The van der Waals surface area contributed by atoms with E-state index in [9.17, 15) is 9.59 Å². The van der Waals surface area contributed by atoms with Gasteiger partial charge in [0.1, 0.15) is 6.54 Å². The molecule has 2 rings (SSSR count). The van der Waals surface area contributed by atoms with Crippen molar-refractivity contribution in [1.82, 2.24) is 10.3 Å². The molecule has 0 atom stereocenters. The second-order valence-corrected chi connectivity index (χ2v) is 6.71. The van der Waals surface area contributed by atoms with E-state index in [1.165, 1.54) is 24.3 Å². The smallest absolute Gasteiger partial charge is 0.243 e. The zero-order valence-electron chi connectivity index (χ0n) is 14.8. The number of unbranched alkanes of at least 4 members (excludes halogenated alkanes) is 4. The van der Waals surface area contributed by atoms with Gasteiger partial charge in [-0.15, -0.1) is 0 Å². The molecular formula is C19H26ClN3O2. The summed E-state index contributed by atoms with van der Waals surface area (Å²) >= 11 is 5.90. The average Bonchev–Trinajstić information content (AvgIpc) is 2.61. The molecule has 0 unspecified atom stereocenters. The van der Waals surface area contributed by atoms with Crippen molar-refractivity contribution in [3.63, 3.8) is 0 Å². The monoisotopic (exact) mass is 363 g/mol. The molecule has 0 bridgehead atoms. The Hall–Kier alpha value is -1.88. The lowest BCUT2D eigenvalue weighted by molar-refractivity contribution is -0.136. The van der Waals surface area contributed by atoms with E-state index in [0.29, 0.717) is 24.4 Å². The number of rotatable bonds is 9. The zero-order chi connectivity index (χ0) is 18.1. The summed E-state index contributed by atoms with van der Waals surface area (Å²) in [4.78, 5) is 24.1. The van der Waals surface area contributed by atoms with Crippen molar-refractivity contribution in [2.24, 2.45) is 5.10 Å². The van der Waals surface area contributed by atoms with Crippen molar-refractivity contribution in [1.29, 1.82) is 0 Å². The van der Waals surface area contributed by atoms with Crippen LogP contribution in [0.1, 0.15) is 57.4 Å². The molecule has 1 aromatic rings. The van der Waals surface area contributed by atoms with E-state index >= 15 is 0 Å². The van der Waals surface area contributed by atoms with Crippen LogP contribution >= 0.6 is 11.6 Å². The van der Waals surface area contributed by atoms with E-state index in [-0.39, 0.29) is 18.4 Å². The Kier molecular flexibility index (Phi) is 7.92. The summed E-state index contributed by atoms with van der Waals surface area (Å²) in [7, 11) is 0. The average molecular weight is 364 g/mol. The number of benzene rings is 1. The molecule has 0 saturated carbocycles. The highest BCUT2D eigenvalue weighted by Crippen LogP contribution is 2.17. The normalized spacial score (nSPS) is 14.4. The molecule has 0 spiro atoms. The maximum Gasteiger partial charge on any atom is 0.243 e. The Bertz CT molecular complexity index is 614. The van der Waals surface area contributed by atoms with Gasteiger partial charge in [-0.1, -0.05) is 56.3 Å². The van der Waals surface area contributed by atoms with Crippen LogP contribution in [0.25, 0.3) is 0 Å². The van der Waals surface area contributed by atoms with Crippen molar-refractivity contribution < 1.29 is 9.59 Å². The summed E-state index contributed by atoms with van der Waals surface area (Å²) in [6.45, 7) is 2.80. The summed E-state index contributed by atoms with van der Waals surface area (Å²) in [5.41, 5.74) is 1.74. The maximum atomic E-state index is 12.0. The highest BCUT2D eigenvalue weighted by Gasteiger charge is 2.23. The van der Waals surface area contributed by atoms with Crippen molar-refractivity contribution in [2.45, 2.75) is 51.9 Å². The van der Waals surface area contributed by atoms with Crippen LogP contribution in [0.15, 0.2) is 29.4 Å². The first-order valence-corrected chi connectivity index (χ1v) is 9.38. The van der Waals surface area contributed by atoms with Crippen LogP contribution in [-0.4, -0.2) is 35.6 Å². The van der Waals surface area contributed by atoms with Crippen molar-refractivity contribution in [2.75, 3.05) is 13.1 Å². The topological polar surface area (TPSA) is 61.8 Å². The third kappa shape index (κ3) is 6.50. The second-order valence-electron chi connectivity index (χ2n) is 6.27. The number of nitrogens with one attached hydrogen (secondary N) is 1. The Balaban J connectivity index is 1.84. The third-order valence-electron chi connectivity index (χ3n) is 4.18. The quantitative estimate of drug-likeness (QED) is 0.679. The minimum Gasteiger partial charge on any atom is -0.354 e. The van der Waals surface area contributed by atoms with Crippen molar-refractivity contribution >= 4 is 29.1 Å². The first kappa shape index (κ1) is 19.4. The number of hydrogen-bond acceptors (Lipinski definition) is 3. The van der Waals surface area contributed by atoms with E-state index in [1.807, 2.05) is 12.1 Å². The zero-order valence-corrected chi connectivity index (χ0v) is 15.5. The van der Waals surface area contributed by atoms with Gasteiger partial charge < -0.3 is 5.32 Å².